The third kappa shape index (κ3) is 3.60. The van der Waals surface area contributed by atoms with Gasteiger partial charge in [-0.1, -0.05) is 32.4 Å². The number of hydrogen-bond acceptors (Lipinski definition) is 3. The molecule has 0 saturated heterocycles. The Hall–Kier alpha value is -1.29. The van der Waals surface area contributed by atoms with Gasteiger partial charge in [0, 0.05) is 6.04 Å². The molecule has 0 bridgehead atoms. The van der Waals surface area contributed by atoms with E-state index in [0.717, 1.165) is 0 Å². The molecule has 2 N–H and O–H groups in total. The highest BCUT2D eigenvalue weighted by molar-refractivity contribution is 6.33. The van der Waals surface area contributed by atoms with Gasteiger partial charge in [0.2, 0.25) is 0 Å². The van der Waals surface area contributed by atoms with E-state index in [4.69, 9.17) is 16.7 Å². The fourth-order valence-electron chi connectivity index (χ4n) is 1.11. The van der Waals surface area contributed by atoms with Crippen LogP contribution in [0.3, 0.4) is 0 Å². The maximum atomic E-state index is 10.9. The molecular weight excluding hydrogens is 240 g/mol. The van der Waals surface area contributed by atoms with Crippen LogP contribution in [0.1, 0.15) is 38.2 Å². The van der Waals surface area contributed by atoms with Crippen LogP contribution in [0, 0.1) is 5.41 Å². The van der Waals surface area contributed by atoms with Crippen molar-refractivity contribution in [3.8, 4) is 0 Å². The Balaban J connectivity index is 2.94. The first-order valence-corrected chi connectivity index (χ1v) is 5.76. The smallest absolute Gasteiger partial charge is 0.356 e. The number of rotatable bonds is 3. The Kier molecular flexibility index (Phi) is 3.98. The second kappa shape index (κ2) is 4.92. The van der Waals surface area contributed by atoms with Crippen LogP contribution in [0.25, 0.3) is 0 Å². The van der Waals surface area contributed by atoms with E-state index in [1.54, 1.807) is 6.07 Å². The summed E-state index contributed by atoms with van der Waals surface area (Å²) >= 11 is 5.75. The fraction of sp³-hybridized carbons (Fsp3) is 0.500. The van der Waals surface area contributed by atoms with Gasteiger partial charge in [-0.05, 0) is 24.5 Å². The fourth-order valence-corrected chi connectivity index (χ4v) is 1.30. The number of nitrogens with one attached hydrogen (secondary N) is 1. The van der Waals surface area contributed by atoms with Gasteiger partial charge in [-0.25, -0.2) is 9.78 Å². The molecule has 0 aromatic carbocycles. The lowest BCUT2D eigenvalue weighted by molar-refractivity contribution is 0.0691. The molecule has 5 heteroatoms. The summed E-state index contributed by atoms with van der Waals surface area (Å²) in [6.45, 7) is 8.31. The normalized spacial score (nSPS) is 13.2. The van der Waals surface area contributed by atoms with Crippen molar-refractivity contribution in [2.45, 2.75) is 33.7 Å². The number of carbonyl (C=O) groups is 1. The molecule has 1 aromatic rings. The minimum atomic E-state index is -1.12. The van der Waals surface area contributed by atoms with E-state index < -0.39 is 5.97 Å². The Labute approximate surface area is 106 Å². The molecule has 0 fully saturated rings. The van der Waals surface area contributed by atoms with Crippen molar-refractivity contribution in [1.29, 1.82) is 0 Å². The highest BCUT2D eigenvalue weighted by atomic mass is 35.5. The van der Waals surface area contributed by atoms with Crippen LogP contribution in [0.4, 0.5) is 5.82 Å². The summed E-state index contributed by atoms with van der Waals surface area (Å²) < 4.78 is 0. The lowest BCUT2D eigenvalue weighted by atomic mass is 9.88. The first-order valence-electron chi connectivity index (χ1n) is 5.38. The first kappa shape index (κ1) is 13.8. The lowest BCUT2D eigenvalue weighted by Gasteiger charge is -2.28. The molecule has 0 amide bonds. The molecule has 17 heavy (non-hydrogen) atoms. The van der Waals surface area contributed by atoms with Gasteiger partial charge in [0.05, 0.1) is 5.02 Å². The number of nitrogens with zero attached hydrogens (tertiary/aromatic N) is 1. The zero-order valence-corrected chi connectivity index (χ0v) is 11.2. The quantitative estimate of drug-likeness (QED) is 0.871. The lowest BCUT2D eigenvalue weighted by Crippen LogP contribution is -2.31. The van der Waals surface area contributed by atoms with Crippen LogP contribution < -0.4 is 5.32 Å². The topological polar surface area (TPSA) is 62.2 Å². The average Bonchev–Trinajstić information content (AvgIpc) is 2.19. The highest BCUT2D eigenvalue weighted by Gasteiger charge is 2.20. The van der Waals surface area contributed by atoms with Crippen molar-refractivity contribution in [1.82, 2.24) is 4.98 Å². The molecular formula is C12H17ClN2O2. The number of halogens is 1. The van der Waals surface area contributed by atoms with Gasteiger partial charge in [0.15, 0.2) is 5.69 Å². The monoisotopic (exact) mass is 256 g/mol. The van der Waals surface area contributed by atoms with Gasteiger partial charge < -0.3 is 10.4 Å². The van der Waals surface area contributed by atoms with Crippen molar-refractivity contribution < 1.29 is 9.90 Å². The minimum Gasteiger partial charge on any atom is -0.476 e. The number of hydrogen-bond donors (Lipinski definition) is 2. The third-order valence-corrected chi connectivity index (χ3v) is 3.02. The zero-order chi connectivity index (χ0) is 13.2. The Morgan fingerprint density at radius 1 is 1.47 bits per heavy atom. The van der Waals surface area contributed by atoms with E-state index in [9.17, 15) is 4.79 Å². The summed E-state index contributed by atoms with van der Waals surface area (Å²) in [5.74, 6) is -0.601. The molecule has 0 saturated carbocycles. The summed E-state index contributed by atoms with van der Waals surface area (Å²) in [5, 5.41) is 12.2. The van der Waals surface area contributed by atoms with Crippen molar-refractivity contribution in [2.75, 3.05) is 5.32 Å². The van der Waals surface area contributed by atoms with Gasteiger partial charge in [0.1, 0.15) is 5.82 Å². The van der Waals surface area contributed by atoms with Crippen molar-refractivity contribution in [3.63, 3.8) is 0 Å². The van der Waals surface area contributed by atoms with Gasteiger partial charge in [0.25, 0.3) is 0 Å². The van der Waals surface area contributed by atoms with Crippen LogP contribution in [-0.2, 0) is 0 Å². The van der Waals surface area contributed by atoms with E-state index in [1.807, 2.05) is 6.92 Å². The molecule has 0 spiro atoms. The van der Waals surface area contributed by atoms with Gasteiger partial charge in [-0.3, -0.25) is 0 Å². The number of carboxylic acid groups (broad SMARTS) is 1. The highest BCUT2D eigenvalue weighted by Crippen LogP contribution is 2.23. The molecule has 0 radical (unpaired) electrons. The Morgan fingerprint density at radius 3 is 2.53 bits per heavy atom. The number of pyridine rings is 1. The van der Waals surface area contributed by atoms with Crippen LogP contribution in [0.2, 0.25) is 5.02 Å². The Morgan fingerprint density at radius 2 is 2.06 bits per heavy atom. The molecule has 1 aromatic heterocycles. The zero-order valence-electron chi connectivity index (χ0n) is 10.4. The van der Waals surface area contributed by atoms with Gasteiger partial charge >= 0.3 is 5.97 Å². The van der Waals surface area contributed by atoms with Gasteiger partial charge in [-0.15, -0.1) is 0 Å². The molecule has 1 rings (SSSR count). The van der Waals surface area contributed by atoms with E-state index in [-0.39, 0.29) is 22.2 Å². The van der Waals surface area contributed by atoms with Crippen molar-refractivity contribution in [2.24, 2.45) is 5.41 Å². The maximum absolute atomic E-state index is 10.9. The van der Waals surface area contributed by atoms with Crippen LogP contribution in [0.5, 0.6) is 0 Å². The molecule has 1 atom stereocenters. The summed E-state index contributed by atoms with van der Waals surface area (Å²) in [6.07, 6.45) is 0. The van der Waals surface area contributed by atoms with Crippen LogP contribution in [-0.4, -0.2) is 22.1 Å². The molecule has 0 aliphatic rings. The Bertz CT molecular complexity index is 427. The molecule has 1 heterocycles. The number of aromatic nitrogens is 1. The van der Waals surface area contributed by atoms with Gasteiger partial charge in [-0.2, -0.15) is 0 Å². The summed E-state index contributed by atoms with van der Waals surface area (Å²) in [7, 11) is 0. The van der Waals surface area contributed by atoms with E-state index in [0.29, 0.717) is 5.82 Å². The van der Waals surface area contributed by atoms with E-state index >= 15 is 0 Å². The SMILES string of the molecule is CC(Nc1ccc(Cl)c(C(=O)O)n1)C(C)(C)C. The van der Waals surface area contributed by atoms with Crippen LogP contribution in [0.15, 0.2) is 12.1 Å². The largest absolute Gasteiger partial charge is 0.476 e. The summed E-state index contributed by atoms with van der Waals surface area (Å²) in [6, 6.07) is 3.38. The van der Waals surface area contributed by atoms with Crippen molar-refractivity contribution >= 4 is 23.4 Å². The average molecular weight is 257 g/mol. The maximum Gasteiger partial charge on any atom is 0.356 e. The summed E-state index contributed by atoms with van der Waals surface area (Å²) in [4.78, 5) is 14.9. The first-order chi connectivity index (χ1) is 7.71. The number of aromatic carboxylic acids is 1. The summed E-state index contributed by atoms with van der Waals surface area (Å²) in [5.41, 5.74) is -0.0668. The van der Waals surface area contributed by atoms with E-state index in [2.05, 4.69) is 31.1 Å². The number of carboxylic acids is 1. The second-order valence-corrected chi connectivity index (χ2v) is 5.47. The minimum absolute atomic E-state index is 0.0602. The predicted octanol–water partition coefficient (Wildman–Crippen LogP) is 3.28. The number of anilines is 1. The molecule has 1 unspecified atom stereocenters. The predicted molar refractivity (Wildman–Crippen MR) is 68.7 cm³/mol. The molecule has 0 aliphatic heterocycles. The molecule has 4 nitrogen and oxygen atoms in total. The third-order valence-electron chi connectivity index (χ3n) is 2.71. The van der Waals surface area contributed by atoms with Crippen LogP contribution >= 0.6 is 11.6 Å². The van der Waals surface area contributed by atoms with Crippen molar-refractivity contribution in [3.05, 3.63) is 22.8 Å². The molecule has 94 valence electrons. The standard InChI is InChI=1S/C12H17ClN2O2/c1-7(12(2,3)4)14-9-6-5-8(13)10(15-9)11(16)17/h5-7H,1-4H3,(H,14,15)(H,16,17). The molecule has 0 aliphatic carbocycles. The second-order valence-electron chi connectivity index (χ2n) is 5.06. The van der Waals surface area contributed by atoms with E-state index in [1.165, 1.54) is 6.07 Å².